The number of aryl methyl sites for hydroxylation is 1. The monoisotopic (exact) mass is 490 g/mol. The molecule has 0 unspecified atom stereocenters. The van der Waals surface area contributed by atoms with E-state index in [1.165, 1.54) is 16.9 Å². The molecule has 8 heteroatoms. The number of para-hydroxylation sites is 1. The first kappa shape index (κ1) is 22.4. The minimum atomic E-state index is -0.437. The van der Waals surface area contributed by atoms with Gasteiger partial charge in [0.1, 0.15) is 22.4 Å². The standard InChI is InChI=1S/C29H19FN4O3/c1-17-14-25-26(33-34(32-25)22-12-10-21(30)11-13-22)16-24(17)31-28(35)19-8-6-18(7-9-19)23-15-20-4-2-3-5-27(20)37-29(23)36/h2-16H,1H3,(H,31,35). The van der Waals surface area contributed by atoms with Crippen molar-refractivity contribution in [2.45, 2.75) is 6.92 Å². The molecule has 6 aromatic rings. The average molecular weight is 490 g/mol. The summed E-state index contributed by atoms with van der Waals surface area (Å²) in [6.07, 6.45) is 0. The van der Waals surface area contributed by atoms with E-state index < -0.39 is 5.63 Å². The van der Waals surface area contributed by atoms with Gasteiger partial charge in [0, 0.05) is 16.6 Å². The molecule has 6 rings (SSSR count). The molecule has 0 aliphatic rings. The fourth-order valence-corrected chi connectivity index (χ4v) is 4.15. The van der Waals surface area contributed by atoms with Crippen LogP contribution < -0.4 is 10.9 Å². The second-order valence-electron chi connectivity index (χ2n) is 8.64. The highest BCUT2D eigenvalue weighted by atomic mass is 19.1. The predicted molar refractivity (Wildman–Crippen MR) is 139 cm³/mol. The lowest BCUT2D eigenvalue weighted by Crippen LogP contribution is -2.13. The summed E-state index contributed by atoms with van der Waals surface area (Å²) in [5.74, 6) is -0.638. The normalized spacial score (nSPS) is 11.2. The van der Waals surface area contributed by atoms with Crippen LogP contribution in [0.2, 0.25) is 0 Å². The lowest BCUT2D eigenvalue weighted by Gasteiger charge is -2.09. The van der Waals surface area contributed by atoms with Crippen molar-refractivity contribution in [2.24, 2.45) is 0 Å². The van der Waals surface area contributed by atoms with Gasteiger partial charge in [0.2, 0.25) is 0 Å². The molecule has 0 aliphatic heterocycles. The van der Waals surface area contributed by atoms with E-state index in [1.807, 2.05) is 31.2 Å². The zero-order chi connectivity index (χ0) is 25.5. The molecule has 4 aromatic carbocycles. The summed E-state index contributed by atoms with van der Waals surface area (Å²) in [6.45, 7) is 1.87. The van der Waals surface area contributed by atoms with E-state index in [-0.39, 0.29) is 11.7 Å². The molecule has 0 saturated carbocycles. The third-order valence-corrected chi connectivity index (χ3v) is 6.13. The number of anilines is 1. The van der Waals surface area contributed by atoms with E-state index in [2.05, 4.69) is 15.5 Å². The molecule has 7 nitrogen and oxygen atoms in total. The number of carbonyl (C=O) groups excluding carboxylic acids is 1. The quantitative estimate of drug-likeness (QED) is 0.311. The van der Waals surface area contributed by atoms with E-state index in [4.69, 9.17) is 4.42 Å². The van der Waals surface area contributed by atoms with E-state index in [0.29, 0.717) is 44.7 Å². The Hall–Kier alpha value is -5.11. The van der Waals surface area contributed by atoms with Gasteiger partial charge in [0.15, 0.2) is 0 Å². The number of nitrogens with zero attached hydrogens (tertiary/aromatic N) is 3. The van der Waals surface area contributed by atoms with Crippen molar-refractivity contribution >= 4 is 33.6 Å². The zero-order valence-electron chi connectivity index (χ0n) is 19.6. The van der Waals surface area contributed by atoms with Gasteiger partial charge in [-0.25, -0.2) is 9.18 Å². The number of benzene rings is 4. The van der Waals surface area contributed by atoms with E-state index in [9.17, 15) is 14.0 Å². The van der Waals surface area contributed by atoms with Crippen LogP contribution in [0.3, 0.4) is 0 Å². The van der Waals surface area contributed by atoms with Crippen LogP contribution in [0.1, 0.15) is 15.9 Å². The summed E-state index contributed by atoms with van der Waals surface area (Å²) in [7, 11) is 0. The third kappa shape index (κ3) is 4.25. The van der Waals surface area contributed by atoms with Crippen LogP contribution in [0.25, 0.3) is 38.8 Å². The van der Waals surface area contributed by atoms with Crippen LogP contribution in [-0.2, 0) is 0 Å². The number of nitrogens with one attached hydrogen (secondary N) is 1. The van der Waals surface area contributed by atoms with E-state index >= 15 is 0 Å². The van der Waals surface area contributed by atoms with Crippen LogP contribution in [0.5, 0.6) is 0 Å². The van der Waals surface area contributed by atoms with Gasteiger partial charge in [-0.2, -0.15) is 4.80 Å². The number of rotatable bonds is 4. The summed E-state index contributed by atoms with van der Waals surface area (Å²) in [4.78, 5) is 26.9. The van der Waals surface area contributed by atoms with Crippen molar-refractivity contribution < 1.29 is 13.6 Å². The fraction of sp³-hybridized carbons (Fsp3) is 0.0345. The Balaban J connectivity index is 1.25. The summed E-state index contributed by atoms with van der Waals surface area (Å²) >= 11 is 0. The molecule has 0 radical (unpaired) electrons. The first-order valence-electron chi connectivity index (χ1n) is 11.5. The minimum Gasteiger partial charge on any atom is -0.422 e. The molecule has 0 spiro atoms. The van der Waals surface area contributed by atoms with Crippen LogP contribution in [0.4, 0.5) is 10.1 Å². The maximum Gasteiger partial charge on any atom is 0.344 e. The molecule has 0 aliphatic carbocycles. The molecule has 1 amide bonds. The molecule has 180 valence electrons. The number of hydrogen-bond acceptors (Lipinski definition) is 5. The first-order chi connectivity index (χ1) is 17.9. The summed E-state index contributed by atoms with van der Waals surface area (Å²) in [5, 5.41) is 12.7. The number of carbonyl (C=O) groups is 1. The lowest BCUT2D eigenvalue weighted by atomic mass is 10.0. The van der Waals surface area contributed by atoms with Gasteiger partial charge in [0.05, 0.1) is 11.3 Å². The number of fused-ring (bicyclic) bond motifs is 2. The van der Waals surface area contributed by atoms with Crippen molar-refractivity contribution in [3.63, 3.8) is 0 Å². The van der Waals surface area contributed by atoms with Crippen molar-refractivity contribution in [1.29, 1.82) is 0 Å². The molecule has 37 heavy (non-hydrogen) atoms. The largest absolute Gasteiger partial charge is 0.422 e. The Labute approximate surface area is 209 Å². The third-order valence-electron chi connectivity index (χ3n) is 6.13. The summed E-state index contributed by atoms with van der Waals surface area (Å²) < 4.78 is 18.7. The van der Waals surface area contributed by atoms with Gasteiger partial charge in [-0.05, 0) is 78.7 Å². The highest BCUT2D eigenvalue weighted by Gasteiger charge is 2.13. The maximum absolute atomic E-state index is 13.2. The Morgan fingerprint density at radius 1 is 0.892 bits per heavy atom. The van der Waals surface area contributed by atoms with Gasteiger partial charge in [-0.15, -0.1) is 10.2 Å². The van der Waals surface area contributed by atoms with Crippen LogP contribution in [-0.4, -0.2) is 20.9 Å². The summed E-state index contributed by atoms with van der Waals surface area (Å²) in [6, 6.07) is 25.3. The fourth-order valence-electron chi connectivity index (χ4n) is 4.15. The van der Waals surface area contributed by atoms with Gasteiger partial charge in [0.25, 0.3) is 5.91 Å². The van der Waals surface area contributed by atoms with Crippen molar-refractivity contribution in [1.82, 2.24) is 15.0 Å². The SMILES string of the molecule is Cc1cc2nn(-c3ccc(F)cc3)nc2cc1NC(=O)c1ccc(-c2cc3ccccc3oc2=O)cc1. The lowest BCUT2D eigenvalue weighted by molar-refractivity contribution is 0.102. The number of aromatic nitrogens is 3. The topological polar surface area (TPSA) is 90.0 Å². The van der Waals surface area contributed by atoms with Crippen LogP contribution >= 0.6 is 0 Å². The minimum absolute atomic E-state index is 0.300. The predicted octanol–water partition coefficient (Wildman–Crippen LogP) is 5.89. The summed E-state index contributed by atoms with van der Waals surface area (Å²) in [5.41, 5.74) is 4.89. The van der Waals surface area contributed by atoms with Gasteiger partial charge < -0.3 is 9.73 Å². The highest BCUT2D eigenvalue weighted by Crippen LogP contribution is 2.24. The number of amides is 1. The molecule has 0 atom stereocenters. The van der Waals surface area contributed by atoms with Crippen LogP contribution in [0.15, 0.2) is 100 Å². The first-order valence-corrected chi connectivity index (χ1v) is 11.5. The van der Waals surface area contributed by atoms with Gasteiger partial charge >= 0.3 is 5.63 Å². The Bertz CT molecular complexity index is 1860. The van der Waals surface area contributed by atoms with Gasteiger partial charge in [-0.1, -0.05) is 30.3 Å². The molecule has 2 heterocycles. The highest BCUT2D eigenvalue weighted by molar-refractivity contribution is 6.05. The van der Waals surface area contributed by atoms with Crippen molar-refractivity contribution in [3.05, 3.63) is 118 Å². The molecular formula is C29H19FN4O3. The second-order valence-corrected chi connectivity index (χ2v) is 8.64. The van der Waals surface area contributed by atoms with Crippen molar-refractivity contribution in [2.75, 3.05) is 5.32 Å². The van der Waals surface area contributed by atoms with Crippen LogP contribution in [0, 0.1) is 12.7 Å². The van der Waals surface area contributed by atoms with E-state index in [0.717, 1.165) is 10.9 Å². The Morgan fingerprint density at radius 3 is 2.35 bits per heavy atom. The average Bonchev–Trinajstić information content (AvgIpc) is 3.31. The molecule has 0 saturated heterocycles. The molecule has 0 fully saturated rings. The Kier molecular flexibility index (Phi) is 5.34. The maximum atomic E-state index is 13.2. The van der Waals surface area contributed by atoms with Crippen molar-refractivity contribution in [3.8, 4) is 16.8 Å². The number of halogens is 1. The van der Waals surface area contributed by atoms with Gasteiger partial charge in [-0.3, -0.25) is 4.79 Å². The molecule has 1 N–H and O–H groups in total. The Morgan fingerprint density at radius 2 is 1.59 bits per heavy atom. The number of hydrogen-bond donors (Lipinski definition) is 1. The molecule has 0 bridgehead atoms. The second kappa shape index (κ2) is 8.83. The van der Waals surface area contributed by atoms with E-state index in [1.54, 1.807) is 54.6 Å². The molecular weight excluding hydrogens is 471 g/mol. The molecule has 2 aromatic heterocycles. The zero-order valence-corrected chi connectivity index (χ0v) is 19.6. The smallest absolute Gasteiger partial charge is 0.344 e.